The van der Waals surface area contributed by atoms with E-state index in [4.69, 9.17) is 34.1 Å². The molecule has 0 aliphatic rings. The summed E-state index contributed by atoms with van der Waals surface area (Å²) in [5, 5.41) is 14.5. The first kappa shape index (κ1) is 15.6. The van der Waals surface area contributed by atoms with Gasteiger partial charge in [0.05, 0.1) is 15.6 Å². The summed E-state index contributed by atoms with van der Waals surface area (Å²) in [4.78, 5) is 12.2. The highest BCUT2D eigenvalue weighted by molar-refractivity contribution is 7.20. The molecule has 0 bridgehead atoms. The lowest BCUT2D eigenvalue weighted by atomic mass is 10.1. The monoisotopic (exact) mass is 343 g/mol. The second-order valence-electron chi connectivity index (χ2n) is 4.17. The van der Waals surface area contributed by atoms with Crippen LogP contribution >= 0.6 is 34.5 Å². The first-order valence-electron chi connectivity index (χ1n) is 5.77. The molecule has 0 saturated heterocycles. The fraction of sp³-hybridized carbons (Fsp3) is 0.0769. The maximum atomic E-state index is 12.2. The van der Waals surface area contributed by atoms with E-state index < -0.39 is 5.91 Å². The number of amides is 1. The number of rotatable bonds is 3. The first-order chi connectivity index (χ1) is 9.93. The van der Waals surface area contributed by atoms with Crippen molar-refractivity contribution in [1.82, 2.24) is 0 Å². The summed E-state index contributed by atoms with van der Waals surface area (Å²) in [7, 11) is 0. The number of halogens is 2. The summed E-state index contributed by atoms with van der Waals surface area (Å²) in [6.07, 6.45) is 0. The minimum absolute atomic E-state index is 0.0853. The summed E-state index contributed by atoms with van der Waals surface area (Å²) in [5.41, 5.74) is 7.56. The van der Waals surface area contributed by atoms with E-state index in [2.05, 4.69) is 10.5 Å². The smallest absolute Gasteiger partial charge is 0.258 e. The maximum Gasteiger partial charge on any atom is 0.258 e. The van der Waals surface area contributed by atoms with Gasteiger partial charge in [-0.15, -0.1) is 11.3 Å². The van der Waals surface area contributed by atoms with Gasteiger partial charge >= 0.3 is 0 Å². The molecule has 1 aromatic carbocycles. The van der Waals surface area contributed by atoms with Gasteiger partial charge in [-0.1, -0.05) is 40.5 Å². The van der Waals surface area contributed by atoms with Gasteiger partial charge in [-0.25, -0.2) is 0 Å². The average Bonchev–Trinajstić information content (AvgIpc) is 2.77. The van der Waals surface area contributed by atoms with Crippen molar-refractivity contribution in [1.29, 1.82) is 0 Å². The lowest BCUT2D eigenvalue weighted by Crippen LogP contribution is -2.20. The number of benzene rings is 1. The van der Waals surface area contributed by atoms with Crippen molar-refractivity contribution in [3.63, 3.8) is 0 Å². The molecule has 1 heterocycles. The quantitative estimate of drug-likeness (QED) is 0.343. The Labute approximate surface area is 135 Å². The number of carbonyl (C=O) groups excluding carboxylic acids is 1. The van der Waals surface area contributed by atoms with Crippen molar-refractivity contribution in [3.8, 4) is 0 Å². The third-order valence-electron chi connectivity index (χ3n) is 2.79. The maximum absolute atomic E-state index is 12.2. The zero-order valence-corrected chi connectivity index (χ0v) is 13.2. The van der Waals surface area contributed by atoms with Crippen molar-refractivity contribution in [2.24, 2.45) is 10.9 Å². The molecule has 0 aliphatic heterocycles. The second-order valence-corrected chi connectivity index (χ2v) is 6.46. The zero-order valence-electron chi connectivity index (χ0n) is 10.9. The van der Waals surface area contributed by atoms with Gasteiger partial charge in [0, 0.05) is 5.56 Å². The van der Waals surface area contributed by atoms with E-state index in [0.29, 0.717) is 19.9 Å². The van der Waals surface area contributed by atoms with Crippen LogP contribution in [0.25, 0.3) is 0 Å². The molecule has 21 heavy (non-hydrogen) atoms. The molecule has 0 unspecified atom stereocenters. The summed E-state index contributed by atoms with van der Waals surface area (Å²) in [6.45, 7) is 1.79. The van der Waals surface area contributed by atoms with Crippen LogP contribution in [0.15, 0.2) is 29.4 Å². The SMILES string of the molecule is Cc1cccc(NC(=O)c2cc(Cl)sc2Cl)c1/C(N)=N/O. The van der Waals surface area contributed by atoms with Gasteiger partial charge < -0.3 is 16.3 Å². The Bertz CT molecular complexity index is 728. The number of aryl methyl sites for hydroxylation is 1. The van der Waals surface area contributed by atoms with E-state index in [1.165, 1.54) is 6.07 Å². The van der Waals surface area contributed by atoms with Gasteiger partial charge in [-0.3, -0.25) is 4.79 Å². The van der Waals surface area contributed by atoms with Crippen molar-refractivity contribution in [2.75, 3.05) is 5.32 Å². The predicted molar refractivity (Wildman–Crippen MR) is 86.0 cm³/mol. The fourth-order valence-electron chi connectivity index (χ4n) is 1.85. The van der Waals surface area contributed by atoms with E-state index in [-0.39, 0.29) is 11.4 Å². The normalized spacial score (nSPS) is 11.5. The van der Waals surface area contributed by atoms with Crippen LogP contribution in [-0.4, -0.2) is 17.0 Å². The number of thiophene rings is 1. The van der Waals surface area contributed by atoms with E-state index in [1.807, 2.05) is 0 Å². The molecule has 2 rings (SSSR count). The van der Waals surface area contributed by atoms with Crippen LogP contribution in [0.1, 0.15) is 21.5 Å². The van der Waals surface area contributed by atoms with Gasteiger partial charge in [0.25, 0.3) is 5.91 Å². The number of hydrogen-bond donors (Lipinski definition) is 3. The number of nitrogens with one attached hydrogen (secondary N) is 1. The number of nitrogens with two attached hydrogens (primary N) is 1. The molecule has 2 aromatic rings. The van der Waals surface area contributed by atoms with Gasteiger partial charge in [0.2, 0.25) is 0 Å². The van der Waals surface area contributed by atoms with Crippen LogP contribution in [-0.2, 0) is 0 Å². The van der Waals surface area contributed by atoms with E-state index >= 15 is 0 Å². The Kier molecular flexibility index (Phi) is 4.72. The Morgan fingerprint density at radius 1 is 1.43 bits per heavy atom. The average molecular weight is 344 g/mol. The predicted octanol–water partition coefficient (Wildman–Crippen LogP) is 3.71. The van der Waals surface area contributed by atoms with Crippen molar-refractivity contribution < 1.29 is 10.0 Å². The summed E-state index contributed by atoms with van der Waals surface area (Å²) in [5.74, 6) is -0.501. The second kappa shape index (κ2) is 6.34. The lowest BCUT2D eigenvalue weighted by molar-refractivity contribution is 0.102. The molecule has 0 aliphatic carbocycles. The summed E-state index contributed by atoms with van der Waals surface area (Å²) in [6, 6.07) is 6.68. The molecular weight excluding hydrogens is 333 g/mol. The molecule has 0 radical (unpaired) electrons. The number of anilines is 1. The number of carbonyl (C=O) groups is 1. The molecule has 5 nitrogen and oxygen atoms in total. The van der Waals surface area contributed by atoms with Gasteiger partial charge in [0.15, 0.2) is 5.84 Å². The van der Waals surface area contributed by atoms with E-state index in [0.717, 1.165) is 16.9 Å². The van der Waals surface area contributed by atoms with Gasteiger partial charge in [0.1, 0.15) is 4.34 Å². The van der Waals surface area contributed by atoms with Gasteiger partial charge in [-0.05, 0) is 24.6 Å². The third kappa shape index (κ3) is 3.29. The molecule has 1 amide bonds. The van der Waals surface area contributed by atoms with Crippen molar-refractivity contribution in [3.05, 3.63) is 49.6 Å². The molecular formula is C13H11Cl2N3O2S. The van der Waals surface area contributed by atoms with E-state index in [9.17, 15) is 4.79 Å². The number of amidine groups is 1. The van der Waals surface area contributed by atoms with Crippen LogP contribution in [0.2, 0.25) is 8.67 Å². The highest BCUT2D eigenvalue weighted by Crippen LogP contribution is 2.32. The topological polar surface area (TPSA) is 87.7 Å². The highest BCUT2D eigenvalue weighted by Gasteiger charge is 2.17. The number of oxime groups is 1. The zero-order chi connectivity index (χ0) is 15.6. The molecule has 8 heteroatoms. The molecule has 4 N–H and O–H groups in total. The summed E-state index contributed by atoms with van der Waals surface area (Å²) < 4.78 is 0.724. The Morgan fingerprint density at radius 2 is 2.14 bits per heavy atom. The minimum Gasteiger partial charge on any atom is -0.409 e. The van der Waals surface area contributed by atoms with Crippen LogP contribution in [0.5, 0.6) is 0 Å². The minimum atomic E-state index is -0.416. The van der Waals surface area contributed by atoms with Crippen molar-refractivity contribution in [2.45, 2.75) is 6.92 Å². The van der Waals surface area contributed by atoms with Crippen LogP contribution in [0, 0.1) is 6.92 Å². The first-order valence-corrected chi connectivity index (χ1v) is 7.35. The Morgan fingerprint density at radius 3 is 2.71 bits per heavy atom. The lowest BCUT2D eigenvalue weighted by Gasteiger charge is -2.12. The molecule has 1 aromatic heterocycles. The fourth-order valence-corrected chi connectivity index (χ4v) is 3.30. The van der Waals surface area contributed by atoms with Crippen LogP contribution < -0.4 is 11.1 Å². The van der Waals surface area contributed by atoms with E-state index in [1.54, 1.807) is 25.1 Å². The molecule has 0 atom stereocenters. The number of hydrogen-bond acceptors (Lipinski definition) is 4. The Balaban J connectivity index is 2.38. The molecule has 0 saturated carbocycles. The standard InChI is InChI=1S/C13H11Cl2N3O2S/c1-6-3-2-4-8(10(6)12(16)18-20)17-13(19)7-5-9(14)21-11(7)15/h2-5,20H,1H3,(H2,16,18)(H,17,19). The Hall–Kier alpha value is -1.76. The largest absolute Gasteiger partial charge is 0.409 e. The van der Waals surface area contributed by atoms with Crippen molar-refractivity contribution >= 4 is 52.0 Å². The highest BCUT2D eigenvalue weighted by atomic mass is 35.5. The molecule has 110 valence electrons. The molecule has 0 spiro atoms. The third-order valence-corrected chi connectivity index (χ3v) is 4.27. The number of nitrogens with zero attached hydrogens (tertiary/aromatic N) is 1. The molecule has 0 fully saturated rings. The van der Waals surface area contributed by atoms with Gasteiger partial charge in [-0.2, -0.15) is 0 Å². The summed E-state index contributed by atoms with van der Waals surface area (Å²) >= 11 is 12.9. The van der Waals surface area contributed by atoms with Crippen LogP contribution in [0.4, 0.5) is 5.69 Å². The van der Waals surface area contributed by atoms with Crippen LogP contribution in [0.3, 0.4) is 0 Å².